The fourth-order valence-electron chi connectivity index (χ4n) is 2.65. The number of rotatable bonds is 3. The second-order valence-electron chi connectivity index (χ2n) is 6.12. The largest absolute Gasteiger partial charge is 0.343 e. The van der Waals surface area contributed by atoms with Crippen LogP contribution in [0, 0.1) is 11.7 Å². The Morgan fingerprint density at radius 2 is 1.73 bits per heavy atom. The topological polar surface area (TPSA) is 40.6 Å². The minimum atomic E-state index is -0.349. The quantitative estimate of drug-likeness (QED) is 0.861. The molecule has 0 aliphatic carbocycles. The van der Waals surface area contributed by atoms with Crippen LogP contribution in [-0.4, -0.2) is 47.8 Å². The average Bonchev–Trinajstić information content (AvgIpc) is 2.53. The van der Waals surface area contributed by atoms with E-state index < -0.39 is 0 Å². The minimum Gasteiger partial charge on any atom is -0.343 e. The molecular weight excluding hydrogens is 283 g/mol. The van der Waals surface area contributed by atoms with Crippen molar-refractivity contribution >= 4 is 11.8 Å². The zero-order chi connectivity index (χ0) is 16.3. The van der Waals surface area contributed by atoms with E-state index in [-0.39, 0.29) is 29.6 Å². The maximum Gasteiger partial charge on any atom is 0.253 e. The Bertz CT molecular complexity index is 534. The first-order valence-electron chi connectivity index (χ1n) is 7.71. The molecule has 5 heteroatoms. The molecular formula is C17H23FN2O2. The number of hydrogen-bond donors (Lipinski definition) is 0. The van der Waals surface area contributed by atoms with Crippen molar-refractivity contribution in [3.8, 4) is 0 Å². The van der Waals surface area contributed by atoms with Gasteiger partial charge in [0.05, 0.1) is 0 Å². The number of halogens is 1. The van der Waals surface area contributed by atoms with E-state index in [4.69, 9.17) is 0 Å². The Labute approximate surface area is 130 Å². The van der Waals surface area contributed by atoms with Crippen molar-refractivity contribution in [3.63, 3.8) is 0 Å². The maximum atomic E-state index is 12.9. The first kappa shape index (κ1) is 16.5. The Kier molecular flexibility index (Phi) is 5.16. The first-order chi connectivity index (χ1) is 10.4. The lowest BCUT2D eigenvalue weighted by Gasteiger charge is -2.34. The van der Waals surface area contributed by atoms with Gasteiger partial charge in [-0.1, -0.05) is 0 Å². The standard InChI is InChI=1S/C17H23FN2O2/c1-12(2)19(3)16(21)14-8-10-20(11-9-14)17(22)13-4-6-15(18)7-5-13/h4-7,12,14H,8-11H2,1-3H3. The van der Waals surface area contributed by atoms with E-state index in [0.717, 1.165) is 0 Å². The minimum absolute atomic E-state index is 0.00957. The molecule has 1 aliphatic heterocycles. The predicted octanol–water partition coefficient (Wildman–Crippen LogP) is 2.54. The third-order valence-corrected chi connectivity index (χ3v) is 4.34. The molecule has 0 spiro atoms. The molecule has 0 radical (unpaired) electrons. The van der Waals surface area contributed by atoms with Crippen molar-refractivity contribution in [2.24, 2.45) is 5.92 Å². The predicted molar refractivity (Wildman–Crippen MR) is 82.9 cm³/mol. The van der Waals surface area contributed by atoms with E-state index in [0.29, 0.717) is 31.5 Å². The molecule has 1 fully saturated rings. The zero-order valence-electron chi connectivity index (χ0n) is 13.4. The lowest BCUT2D eigenvalue weighted by atomic mass is 9.94. The van der Waals surface area contributed by atoms with Crippen LogP contribution in [0.3, 0.4) is 0 Å². The summed E-state index contributed by atoms with van der Waals surface area (Å²) < 4.78 is 12.9. The van der Waals surface area contributed by atoms with Crippen molar-refractivity contribution in [3.05, 3.63) is 35.6 Å². The van der Waals surface area contributed by atoms with Crippen LogP contribution < -0.4 is 0 Å². The summed E-state index contributed by atoms with van der Waals surface area (Å²) in [6.07, 6.45) is 1.37. The van der Waals surface area contributed by atoms with Gasteiger partial charge in [0, 0.05) is 37.7 Å². The molecule has 1 saturated heterocycles. The molecule has 22 heavy (non-hydrogen) atoms. The van der Waals surface area contributed by atoms with E-state index in [1.54, 1.807) is 9.80 Å². The number of likely N-dealkylation sites (tertiary alicyclic amines) is 1. The van der Waals surface area contributed by atoms with Crippen LogP contribution in [0.1, 0.15) is 37.0 Å². The van der Waals surface area contributed by atoms with Crippen molar-refractivity contribution in [1.82, 2.24) is 9.80 Å². The number of carbonyl (C=O) groups is 2. The Balaban J connectivity index is 1.93. The van der Waals surface area contributed by atoms with Gasteiger partial charge in [-0.2, -0.15) is 0 Å². The molecule has 0 N–H and O–H groups in total. The van der Waals surface area contributed by atoms with Gasteiger partial charge in [0.25, 0.3) is 5.91 Å². The fourth-order valence-corrected chi connectivity index (χ4v) is 2.65. The van der Waals surface area contributed by atoms with Gasteiger partial charge in [0.15, 0.2) is 0 Å². The molecule has 0 aromatic heterocycles. The van der Waals surface area contributed by atoms with E-state index in [2.05, 4.69) is 0 Å². The summed E-state index contributed by atoms with van der Waals surface area (Å²) in [4.78, 5) is 28.2. The van der Waals surface area contributed by atoms with Crippen LogP contribution in [0.25, 0.3) is 0 Å². The summed E-state index contributed by atoms with van der Waals surface area (Å²) in [7, 11) is 1.82. The van der Waals surface area contributed by atoms with E-state index in [1.165, 1.54) is 24.3 Å². The third kappa shape index (κ3) is 3.64. The number of piperidine rings is 1. The smallest absolute Gasteiger partial charge is 0.253 e. The summed E-state index contributed by atoms with van der Waals surface area (Å²) in [5.41, 5.74) is 0.491. The Morgan fingerprint density at radius 3 is 2.23 bits per heavy atom. The zero-order valence-corrected chi connectivity index (χ0v) is 13.4. The molecule has 4 nitrogen and oxygen atoms in total. The van der Waals surface area contributed by atoms with Crippen LogP contribution in [0.2, 0.25) is 0 Å². The van der Waals surface area contributed by atoms with E-state index in [1.807, 2.05) is 20.9 Å². The summed E-state index contributed by atoms with van der Waals surface area (Å²) in [6, 6.07) is 5.77. The van der Waals surface area contributed by atoms with Crippen molar-refractivity contribution in [2.75, 3.05) is 20.1 Å². The van der Waals surface area contributed by atoms with Crippen LogP contribution >= 0.6 is 0 Å². The molecule has 2 amide bonds. The van der Waals surface area contributed by atoms with Crippen LogP contribution in [0.15, 0.2) is 24.3 Å². The first-order valence-corrected chi connectivity index (χ1v) is 7.71. The highest BCUT2D eigenvalue weighted by molar-refractivity contribution is 5.94. The Morgan fingerprint density at radius 1 is 1.18 bits per heavy atom. The van der Waals surface area contributed by atoms with E-state index >= 15 is 0 Å². The summed E-state index contributed by atoms with van der Waals surface area (Å²) >= 11 is 0. The van der Waals surface area contributed by atoms with Gasteiger partial charge in [0.2, 0.25) is 5.91 Å². The molecule has 1 aromatic carbocycles. The second kappa shape index (κ2) is 6.90. The lowest BCUT2D eigenvalue weighted by molar-refractivity contribution is -0.137. The van der Waals surface area contributed by atoms with Gasteiger partial charge in [0.1, 0.15) is 5.82 Å². The monoisotopic (exact) mass is 306 g/mol. The maximum absolute atomic E-state index is 12.9. The van der Waals surface area contributed by atoms with Crippen molar-refractivity contribution in [2.45, 2.75) is 32.7 Å². The molecule has 120 valence electrons. The average molecular weight is 306 g/mol. The van der Waals surface area contributed by atoms with Gasteiger partial charge in [-0.25, -0.2) is 4.39 Å². The molecule has 1 heterocycles. The molecule has 1 aliphatic rings. The van der Waals surface area contributed by atoms with Gasteiger partial charge < -0.3 is 9.80 Å². The number of nitrogens with zero attached hydrogens (tertiary/aromatic N) is 2. The van der Waals surface area contributed by atoms with Crippen LogP contribution in [-0.2, 0) is 4.79 Å². The van der Waals surface area contributed by atoms with Crippen molar-refractivity contribution < 1.29 is 14.0 Å². The number of amides is 2. The van der Waals surface area contributed by atoms with Gasteiger partial charge in [-0.05, 0) is 51.0 Å². The summed E-state index contributed by atoms with van der Waals surface area (Å²) in [5.74, 6) is -0.297. The van der Waals surface area contributed by atoms with Gasteiger partial charge in [-0.15, -0.1) is 0 Å². The molecule has 0 bridgehead atoms. The number of carbonyl (C=O) groups excluding carboxylic acids is 2. The number of hydrogen-bond acceptors (Lipinski definition) is 2. The molecule has 0 unspecified atom stereocenters. The van der Waals surface area contributed by atoms with Crippen LogP contribution in [0.5, 0.6) is 0 Å². The van der Waals surface area contributed by atoms with Crippen LogP contribution in [0.4, 0.5) is 4.39 Å². The molecule has 2 rings (SSSR count). The molecule has 0 saturated carbocycles. The van der Waals surface area contributed by atoms with E-state index in [9.17, 15) is 14.0 Å². The highest BCUT2D eigenvalue weighted by Crippen LogP contribution is 2.21. The second-order valence-corrected chi connectivity index (χ2v) is 6.12. The highest BCUT2D eigenvalue weighted by atomic mass is 19.1. The summed E-state index contributed by atoms with van der Waals surface area (Å²) in [6.45, 7) is 5.12. The Hall–Kier alpha value is -1.91. The fraction of sp³-hybridized carbons (Fsp3) is 0.529. The SMILES string of the molecule is CC(C)N(C)C(=O)C1CCN(C(=O)c2ccc(F)cc2)CC1. The summed E-state index contributed by atoms with van der Waals surface area (Å²) in [5, 5.41) is 0. The highest BCUT2D eigenvalue weighted by Gasteiger charge is 2.30. The van der Waals surface area contributed by atoms with Crippen molar-refractivity contribution in [1.29, 1.82) is 0 Å². The van der Waals surface area contributed by atoms with Gasteiger partial charge >= 0.3 is 0 Å². The third-order valence-electron chi connectivity index (χ3n) is 4.34. The molecule has 1 aromatic rings. The number of benzene rings is 1. The molecule has 0 atom stereocenters. The van der Waals surface area contributed by atoms with Gasteiger partial charge in [-0.3, -0.25) is 9.59 Å². The normalized spacial score (nSPS) is 16.0. The lowest BCUT2D eigenvalue weighted by Crippen LogP contribution is -2.45.